The molecule has 0 aliphatic rings. The third kappa shape index (κ3) is 3.27. The molecule has 1 aromatic carbocycles. The van der Waals surface area contributed by atoms with E-state index in [4.69, 9.17) is 16.1 Å². The molecule has 0 saturated carbocycles. The first kappa shape index (κ1) is 15.3. The number of carbonyl (C=O) groups is 1. The number of anilines is 1. The van der Waals surface area contributed by atoms with E-state index < -0.39 is 0 Å². The fourth-order valence-electron chi connectivity index (χ4n) is 2.28. The zero-order valence-electron chi connectivity index (χ0n) is 12.7. The van der Waals surface area contributed by atoms with Crippen LogP contribution in [0.5, 0.6) is 0 Å². The Labute approximate surface area is 138 Å². The van der Waals surface area contributed by atoms with Crippen molar-refractivity contribution in [1.29, 1.82) is 0 Å². The van der Waals surface area contributed by atoms with Crippen LogP contribution < -0.4 is 5.32 Å². The Kier molecular flexibility index (Phi) is 4.16. The highest BCUT2D eigenvalue weighted by atomic mass is 35.5. The Morgan fingerprint density at radius 3 is 2.83 bits per heavy atom. The first-order valence-electron chi connectivity index (χ1n) is 7.06. The molecule has 0 fully saturated rings. The van der Waals surface area contributed by atoms with Crippen LogP contribution in [0.2, 0.25) is 5.02 Å². The van der Waals surface area contributed by atoms with E-state index >= 15 is 0 Å². The highest BCUT2D eigenvalue weighted by Crippen LogP contribution is 2.20. The minimum atomic E-state index is -0.155. The van der Waals surface area contributed by atoms with Gasteiger partial charge in [-0.1, -0.05) is 28.9 Å². The number of rotatable bonds is 4. The molecule has 0 unspecified atom stereocenters. The Balaban J connectivity index is 1.72. The van der Waals surface area contributed by atoms with Crippen LogP contribution in [-0.4, -0.2) is 20.8 Å². The standard InChI is InChI=1S/C16H15ClN4O2/c1-10-13(11(2)23-20-10)7-16(22)19-12-8-18-21(9-12)15-6-4-3-5-14(15)17/h3-6,8-9H,7H2,1-2H3,(H,19,22). The van der Waals surface area contributed by atoms with E-state index in [0.717, 1.165) is 16.9 Å². The van der Waals surface area contributed by atoms with E-state index in [9.17, 15) is 4.79 Å². The number of aryl methyl sites for hydroxylation is 2. The molecule has 0 atom stereocenters. The lowest BCUT2D eigenvalue weighted by Gasteiger charge is -2.03. The second-order valence-electron chi connectivity index (χ2n) is 5.15. The van der Waals surface area contributed by atoms with Crippen molar-refractivity contribution < 1.29 is 9.32 Å². The summed E-state index contributed by atoms with van der Waals surface area (Å²) in [4.78, 5) is 12.2. The molecule has 2 aromatic heterocycles. The molecule has 2 heterocycles. The third-order valence-electron chi connectivity index (χ3n) is 3.48. The molecule has 7 heteroatoms. The fraction of sp³-hybridized carbons (Fsp3) is 0.188. The molecule has 3 rings (SSSR count). The average molecular weight is 331 g/mol. The highest BCUT2D eigenvalue weighted by Gasteiger charge is 2.14. The summed E-state index contributed by atoms with van der Waals surface area (Å²) in [5, 5.41) is 11.5. The van der Waals surface area contributed by atoms with Gasteiger partial charge in [0.2, 0.25) is 5.91 Å². The summed E-state index contributed by atoms with van der Waals surface area (Å²) in [6.07, 6.45) is 3.50. The summed E-state index contributed by atoms with van der Waals surface area (Å²) < 4.78 is 6.68. The second-order valence-corrected chi connectivity index (χ2v) is 5.56. The summed E-state index contributed by atoms with van der Waals surface area (Å²) in [7, 11) is 0. The molecule has 0 aliphatic heterocycles. The largest absolute Gasteiger partial charge is 0.361 e. The van der Waals surface area contributed by atoms with Crippen LogP contribution in [0.15, 0.2) is 41.2 Å². The van der Waals surface area contributed by atoms with E-state index in [1.807, 2.05) is 25.1 Å². The van der Waals surface area contributed by atoms with Crippen LogP contribution in [0.3, 0.4) is 0 Å². The molecular weight excluding hydrogens is 316 g/mol. The zero-order valence-corrected chi connectivity index (χ0v) is 13.5. The molecular formula is C16H15ClN4O2. The molecule has 0 saturated heterocycles. The molecule has 0 bridgehead atoms. The molecule has 23 heavy (non-hydrogen) atoms. The lowest BCUT2D eigenvalue weighted by atomic mass is 10.1. The summed E-state index contributed by atoms with van der Waals surface area (Å²) in [5.41, 5.74) is 2.88. The molecule has 6 nitrogen and oxygen atoms in total. The van der Waals surface area contributed by atoms with E-state index in [1.54, 1.807) is 30.1 Å². The Morgan fingerprint density at radius 1 is 1.35 bits per heavy atom. The molecule has 118 valence electrons. The predicted octanol–water partition coefficient (Wildman–Crippen LogP) is 3.31. The van der Waals surface area contributed by atoms with E-state index in [1.165, 1.54) is 0 Å². The lowest BCUT2D eigenvalue weighted by Crippen LogP contribution is -2.14. The molecule has 0 radical (unpaired) electrons. The fourth-order valence-corrected chi connectivity index (χ4v) is 2.50. The summed E-state index contributed by atoms with van der Waals surface area (Å²) in [6, 6.07) is 7.36. The Morgan fingerprint density at radius 2 is 2.13 bits per heavy atom. The number of para-hydroxylation sites is 1. The maximum Gasteiger partial charge on any atom is 0.229 e. The van der Waals surface area contributed by atoms with Crippen molar-refractivity contribution in [3.63, 3.8) is 0 Å². The third-order valence-corrected chi connectivity index (χ3v) is 3.80. The van der Waals surface area contributed by atoms with Crippen molar-refractivity contribution in [2.75, 3.05) is 5.32 Å². The normalized spacial score (nSPS) is 10.7. The number of benzene rings is 1. The molecule has 1 N–H and O–H groups in total. The first-order valence-corrected chi connectivity index (χ1v) is 7.43. The van der Waals surface area contributed by atoms with Gasteiger partial charge >= 0.3 is 0 Å². The summed E-state index contributed by atoms with van der Waals surface area (Å²) >= 11 is 6.14. The van der Waals surface area contributed by atoms with Gasteiger partial charge in [-0.15, -0.1) is 0 Å². The maximum atomic E-state index is 12.2. The van der Waals surface area contributed by atoms with Crippen molar-refractivity contribution >= 4 is 23.2 Å². The molecule has 0 spiro atoms. The Bertz CT molecular complexity index is 834. The number of amides is 1. The monoisotopic (exact) mass is 330 g/mol. The Hall–Kier alpha value is -2.60. The predicted molar refractivity (Wildman–Crippen MR) is 86.9 cm³/mol. The van der Waals surface area contributed by atoms with Gasteiger partial charge in [0.05, 0.1) is 40.9 Å². The van der Waals surface area contributed by atoms with Crippen LogP contribution in [0.25, 0.3) is 5.69 Å². The number of carbonyl (C=O) groups excluding carboxylic acids is 1. The number of nitrogens with zero attached hydrogens (tertiary/aromatic N) is 3. The van der Waals surface area contributed by atoms with Crippen molar-refractivity contribution in [2.45, 2.75) is 20.3 Å². The van der Waals surface area contributed by atoms with Crippen molar-refractivity contribution in [3.05, 3.63) is 58.7 Å². The minimum Gasteiger partial charge on any atom is -0.361 e. The quantitative estimate of drug-likeness (QED) is 0.796. The number of hydrogen-bond acceptors (Lipinski definition) is 4. The van der Waals surface area contributed by atoms with E-state index in [-0.39, 0.29) is 12.3 Å². The van der Waals surface area contributed by atoms with Crippen molar-refractivity contribution in [2.24, 2.45) is 0 Å². The number of aromatic nitrogens is 3. The summed E-state index contributed by atoms with van der Waals surface area (Å²) in [5.74, 6) is 0.502. The van der Waals surface area contributed by atoms with Crippen LogP contribution in [0, 0.1) is 13.8 Å². The van der Waals surface area contributed by atoms with E-state index in [0.29, 0.717) is 16.5 Å². The first-order chi connectivity index (χ1) is 11.0. The average Bonchev–Trinajstić information content (AvgIpc) is 3.09. The van der Waals surface area contributed by atoms with Crippen LogP contribution >= 0.6 is 11.6 Å². The van der Waals surface area contributed by atoms with Gasteiger partial charge in [0.25, 0.3) is 0 Å². The highest BCUT2D eigenvalue weighted by molar-refractivity contribution is 6.32. The number of halogens is 1. The molecule has 0 aliphatic carbocycles. The zero-order chi connectivity index (χ0) is 16.4. The minimum absolute atomic E-state index is 0.155. The van der Waals surface area contributed by atoms with Crippen molar-refractivity contribution in [1.82, 2.24) is 14.9 Å². The second kappa shape index (κ2) is 6.26. The molecule has 3 aromatic rings. The van der Waals surface area contributed by atoms with Crippen LogP contribution in [0.4, 0.5) is 5.69 Å². The van der Waals surface area contributed by atoms with E-state index in [2.05, 4.69) is 15.6 Å². The summed E-state index contributed by atoms with van der Waals surface area (Å²) in [6.45, 7) is 3.60. The van der Waals surface area contributed by atoms with Crippen LogP contribution in [0.1, 0.15) is 17.0 Å². The van der Waals surface area contributed by atoms with Gasteiger partial charge < -0.3 is 9.84 Å². The van der Waals surface area contributed by atoms with Crippen molar-refractivity contribution in [3.8, 4) is 5.69 Å². The van der Waals surface area contributed by atoms with Gasteiger partial charge in [0, 0.05) is 5.56 Å². The van der Waals surface area contributed by atoms with Gasteiger partial charge in [0.15, 0.2) is 0 Å². The van der Waals surface area contributed by atoms with Gasteiger partial charge in [-0.3, -0.25) is 4.79 Å². The molecule has 1 amide bonds. The van der Waals surface area contributed by atoms with Gasteiger partial charge in [-0.2, -0.15) is 5.10 Å². The van der Waals surface area contributed by atoms with Gasteiger partial charge in [0.1, 0.15) is 5.76 Å². The number of hydrogen-bond donors (Lipinski definition) is 1. The van der Waals surface area contributed by atoms with Gasteiger partial charge in [-0.05, 0) is 26.0 Å². The maximum absolute atomic E-state index is 12.2. The topological polar surface area (TPSA) is 73.0 Å². The smallest absolute Gasteiger partial charge is 0.229 e. The SMILES string of the molecule is Cc1noc(C)c1CC(=O)Nc1cnn(-c2ccccc2Cl)c1. The van der Waals surface area contributed by atoms with Crippen LogP contribution in [-0.2, 0) is 11.2 Å². The lowest BCUT2D eigenvalue weighted by molar-refractivity contribution is -0.115. The van der Waals surface area contributed by atoms with Gasteiger partial charge in [-0.25, -0.2) is 4.68 Å². The number of nitrogens with one attached hydrogen (secondary N) is 1.